The summed E-state index contributed by atoms with van der Waals surface area (Å²) in [5.74, 6) is 1.54. The molecule has 1 aromatic carbocycles. The highest BCUT2D eigenvalue weighted by Crippen LogP contribution is 2.28. The lowest BCUT2D eigenvalue weighted by atomic mass is 9.99. The largest absolute Gasteiger partial charge is 0.466 e. The van der Waals surface area contributed by atoms with E-state index in [1.807, 2.05) is 50.7 Å². The van der Waals surface area contributed by atoms with Gasteiger partial charge in [0.25, 0.3) is 0 Å². The van der Waals surface area contributed by atoms with Crippen LogP contribution in [0.25, 0.3) is 10.9 Å². The van der Waals surface area contributed by atoms with Crippen molar-refractivity contribution in [2.24, 2.45) is 7.05 Å². The zero-order valence-electron chi connectivity index (χ0n) is 13.1. The zero-order chi connectivity index (χ0) is 15.3. The van der Waals surface area contributed by atoms with Crippen LogP contribution in [0.5, 0.6) is 0 Å². The van der Waals surface area contributed by atoms with E-state index in [9.17, 15) is 4.79 Å². The smallest absolute Gasteiger partial charge is 0.198 e. The maximum atomic E-state index is 12.9. The number of hydrogen-bond donors (Lipinski definition) is 0. The normalized spacial score (nSPS) is 11.3. The van der Waals surface area contributed by atoms with Gasteiger partial charge in [-0.1, -0.05) is 12.1 Å². The van der Waals surface area contributed by atoms with Crippen LogP contribution in [-0.2, 0) is 7.05 Å². The molecule has 3 aromatic rings. The predicted molar refractivity (Wildman–Crippen MR) is 84.0 cm³/mol. The van der Waals surface area contributed by atoms with Crippen LogP contribution in [0.3, 0.4) is 0 Å². The Labute approximate surface area is 124 Å². The van der Waals surface area contributed by atoms with Crippen molar-refractivity contribution in [1.29, 1.82) is 0 Å². The third kappa shape index (κ3) is 2.00. The molecule has 3 heteroatoms. The second kappa shape index (κ2) is 4.62. The number of aryl methyl sites for hydroxylation is 4. The number of carbonyl (C=O) groups excluding carboxylic acids is 1. The molecule has 2 heterocycles. The molecule has 2 aromatic heterocycles. The van der Waals surface area contributed by atoms with Gasteiger partial charge in [0.2, 0.25) is 0 Å². The summed E-state index contributed by atoms with van der Waals surface area (Å²) in [5, 5.41) is 0.991. The molecular weight excluding hydrogens is 262 g/mol. The van der Waals surface area contributed by atoms with Gasteiger partial charge in [0.05, 0.1) is 5.56 Å². The first kappa shape index (κ1) is 13.7. The Hall–Kier alpha value is -2.29. The Kier molecular flexibility index (Phi) is 3.01. The summed E-state index contributed by atoms with van der Waals surface area (Å²) in [6, 6.07) is 6.17. The van der Waals surface area contributed by atoms with Gasteiger partial charge in [-0.25, -0.2) is 0 Å². The predicted octanol–water partition coefficient (Wildman–Crippen LogP) is 4.24. The Bertz CT molecular complexity index is 865. The molecule has 0 saturated heterocycles. The number of benzene rings is 1. The molecule has 0 radical (unpaired) electrons. The minimum atomic E-state index is 0.0382. The molecule has 0 atom stereocenters. The van der Waals surface area contributed by atoms with Crippen LogP contribution >= 0.6 is 0 Å². The fraction of sp³-hybridized carbons (Fsp3) is 0.278. The summed E-state index contributed by atoms with van der Waals surface area (Å²) in [7, 11) is 1.97. The van der Waals surface area contributed by atoms with E-state index in [1.54, 1.807) is 0 Å². The van der Waals surface area contributed by atoms with E-state index < -0.39 is 0 Å². The third-order valence-corrected chi connectivity index (χ3v) is 4.18. The molecule has 0 bridgehead atoms. The lowest BCUT2D eigenvalue weighted by molar-refractivity contribution is 0.103. The maximum Gasteiger partial charge on any atom is 0.198 e. The number of nitrogens with zero attached hydrogens (tertiary/aromatic N) is 1. The molecular formula is C18H19NO2. The first-order valence-electron chi connectivity index (χ1n) is 7.07. The van der Waals surface area contributed by atoms with Crippen LogP contribution in [0.1, 0.15) is 38.6 Å². The van der Waals surface area contributed by atoms with E-state index in [-0.39, 0.29) is 5.78 Å². The highest BCUT2D eigenvalue weighted by Gasteiger charge is 2.23. The molecule has 0 aliphatic rings. The number of aromatic nitrogens is 1. The van der Waals surface area contributed by atoms with E-state index in [0.717, 1.165) is 27.8 Å². The molecule has 0 saturated carbocycles. The van der Waals surface area contributed by atoms with E-state index in [2.05, 4.69) is 13.0 Å². The molecule has 0 amide bonds. The third-order valence-electron chi connectivity index (χ3n) is 4.18. The van der Waals surface area contributed by atoms with Crippen molar-refractivity contribution in [3.8, 4) is 0 Å². The van der Waals surface area contributed by atoms with Crippen LogP contribution in [0.2, 0.25) is 0 Å². The Morgan fingerprint density at radius 3 is 2.43 bits per heavy atom. The molecule has 0 unspecified atom stereocenters. The van der Waals surface area contributed by atoms with Gasteiger partial charge in [0, 0.05) is 35.3 Å². The minimum Gasteiger partial charge on any atom is -0.466 e. The first-order chi connectivity index (χ1) is 9.90. The first-order valence-corrected chi connectivity index (χ1v) is 7.07. The molecule has 0 N–H and O–H groups in total. The van der Waals surface area contributed by atoms with Crippen molar-refractivity contribution in [2.45, 2.75) is 27.7 Å². The highest BCUT2D eigenvalue weighted by atomic mass is 16.3. The van der Waals surface area contributed by atoms with Crippen LogP contribution in [0.15, 0.2) is 28.8 Å². The second-order valence-electron chi connectivity index (χ2n) is 5.72. The SMILES string of the molecule is Cc1ccc2c(C(=O)c3c(C)oc(C)c3C)cn(C)c2c1. The molecule has 0 aliphatic heterocycles. The van der Waals surface area contributed by atoms with Crippen molar-refractivity contribution in [2.75, 3.05) is 0 Å². The summed E-state index contributed by atoms with van der Waals surface area (Å²) < 4.78 is 7.61. The van der Waals surface area contributed by atoms with E-state index >= 15 is 0 Å². The van der Waals surface area contributed by atoms with E-state index in [0.29, 0.717) is 11.3 Å². The minimum absolute atomic E-state index is 0.0382. The molecule has 0 spiro atoms. The van der Waals surface area contributed by atoms with E-state index in [1.165, 1.54) is 5.56 Å². The summed E-state index contributed by atoms with van der Waals surface area (Å²) >= 11 is 0. The molecule has 0 fully saturated rings. The lowest BCUT2D eigenvalue weighted by Gasteiger charge is -2.00. The fourth-order valence-corrected chi connectivity index (χ4v) is 2.94. The lowest BCUT2D eigenvalue weighted by Crippen LogP contribution is -2.03. The topological polar surface area (TPSA) is 35.1 Å². The van der Waals surface area contributed by atoms with Crippen LogP contribution in [0.4, 0.5) is 0 Å². The van der Waals surface area contributed by atoms with Gasteiger partial charge >= 0.3 is 0 Å². The quantitative estimate of drug-likeness (QED) is 0.659. The number of hydrogen-bond acceptors (Lipinski definition) is 2. The second-order valence-corrected chi connectivity index (χ2v) is 5.72. The number of carbonyl (C=O) groups is 1. The van der Waals surface area contributed by atoms with Crippen LogP contribution < -0.4 is 0 Å². The summed E-state index contributed by atoms with van der Waals surface area (Å²) in [6.07, 6.45) is 1.91. The number of fused-ring (bicyclic) bond motifs is 1. The monoisotopic (exact) mass is 281 g/mol. The highest BCUT2D eigenvalue weighted by molar-refractivity contribution is 6.17. The van der Waals surface area contributed by atoms with Crippen molar-refractivity contribution in [3.63, 3.8) is 0 Å². The number of furan rings is 1. The van der Waals surface area contributed by atoms with Crippen molar-refractivity contribution < 1.29 is 9.21 Å². The van der Waals surface area contributed by atoms with Crippen molar-refractivity contribution in [1.82, 2.24) is 4.57 Å². The van der Waals surface area contributed by atoms with Crippen molar-refractivity contribution >= 4 is 16.7 Å². The molecule has 3 rings (SSSR count). The van der Waals surface area contributed by atoms with Gasteiger partial charge in [0.1, 0.15) is 11.5 Å². The Morgan fingerprint density at radius 1 is 1.10 bits per heavy atom. The van der Waals surface area contributed by atoms with Crippen molar-refractivity contribution in [3.05, 3.63) is 58.2 Å². The van der Waals surface area contributed by atoms with Gasteiger partial charge in [-0.2, -0.15) is 0 Å². The molecule has 108 valence electrons. The maximum absolute atomic E-state index is 12.9. The average Bonchev–Trinajstić information content (AvgIpc) is 2.88. The fourth-order valence-electron chi connectivity index (χ4n) is 2.94. The number of ketones is 1. The number of rotatable bonds is 2. The van der Waals surface area contributed by atoms with Gasteiger partial charge in [-0.15, -0.1) is 0 Å². The molecule has 3 nitrogen and oxygen atoms in total. The zero-order valence-corrected chi connectivity index (χ0v) is 13.1. The van der Waals surface area contributed by atoms with Gasteiger partial charge in [-0.05, 0) is 39.3 Å². The molecule has 21 heavy (non-hydrogen) atoms. The summed E-state index contributed by atoms with van der Waals surface area (Å²) in [4.78, 5) is 12.9. The molecule has 0 aliphatic carbocycles. The van der Waals surface area contributed by atoms with Crippen LogP contribution in [-0.4, -0.2) is 10.4 Å². The summed E-state index contributed by atoms with van der Waals surface area (Å²) in [6.45, 7) is 7.74. The Morgan fingerprint density at radius 2 is 1.81 bits per heavy atom. The van der Waals surface area contributed by atoms with Gasteiger partial charge in [0.15, 0.2) is 5.78 Å². The van der Waals surface area contributed by atoms with Crippen LogP contribution in [0, 0.1) is 27.7 Å². The average molecular weight is 281 g/mol. The summed E-state index contributed by atoms with van der Waals surface area (Å²) in [5.41, 5.74) is 4.63. The van der Waals surface area contributed by atoms with Gasteiger partial charge < -0.3 is 8.98 Å². The van der Waals surface area contributed by atoms with E-state index in [4.69, 9.17) is 4.42 Å². The standard InChI is InChI=1S/C18H19NO2/c1-10-6-7-14-15(9-19(5)16(14)8-10)18(20)17-11(2)12(3)21-13(17)4/h6-9H,1-5H3. The Balaban J connectivity index is 2.23. The van der Waals surface area contributed by atoms with Gasteiger partial charge in [-0.3, -0.25) is 4.79 Å².